The second-order valence-corrected chi connectivity index (χ2v) is 8.60. The van der Waals surface area contributed by atoms with Gasteiger partial charge in [-0.05, 0) is 25.0 Å². The zero-order valence-corrected chi connectivity index (χ0v) is 19.3. The van der Waals surface area contributed by atoms with Crippen LogP contribution >= 0.6 is 0 Å². The lowest BCUT2D eigenvalue weighted by atomic mass is 10.1. The molecule has 2 aromatic rings. The Hall–Kier alpha value is -2.48. The second kappa shape index (κ2) is 12.3. The molecule has 1 N–H and O–H groups in total. The van der Waals surface area contributed by atoms with Crippen LogP contribution < -0.4 is 4.90 Å². The molecule has 2 aliphatic rings. The smallest absolute Gasteiger partial charge is 0.232 e. The van der Waals surface area contributed by atoms with Crippen molar-refractivity contribution in [1.29, 1.82) is 0 Å². The summed E-state index contributed by atoms with van der Waals surface area (Å²) >= 11 is 0. The van der Waals surface area contributed by atoms with Crippen LogP contribution in [0.5, 0.6) is 0 Å². The Morgan fingerprint density at radius 3 is 2.85 bits per heavy atom. The Bertz CT molecular complexity index is 950. The maximum Gasteiger partial charge on any atom is 0.232 e. The third kappa shape index (κ3) is 6.34. The highest BCUT2D eigenvalue weighted by atomic mass is 19.1. The summed E-state index contributed by atoms with van der Waals surface area (Å²) in [4.78, 5) is 4.17. The van der Waals surface area contributed by atoms with E-state index in [1.54, 1.807) is 18.2 Å². The van der Waals surface area contributed by atoms with E-state index in [1.165, 1.54) is 6.07 Å². The number of terminal acetylenes is 1. The fraction of sp³-hybridized carbons (Fsp3) is 0.560. The van der Waals surface area contributed by atoms with Gasteiger partial charge in [0.25, 0.3) is 0 Å². The minimum absolute atomic E-state index is 0.0717. The SMILES string of the molecule is C#CCOCC(O)CN(Cc1c(-c2ccccc2F)noc1N1CCOCC1)CC1CCCO1. The first-order valence-corrected chi connectivity index (χ1v) is 11.7. The van der Waals surface area contributed by atoms with E-state index in [9.17, 15) is 9.50 Å². The Balaban J connectivity index is 1.61. The molecule has 2 fully saturated rings. The molecule has 0 amide bonds. The van der Waals surface area contributed by atoms with Gasteiger partial charge in [0.2, 0.25) is 5.88 Å². The Morgan fingerprint density at radius 1 is 1.29 bits per heavy atom. The van der Waals surface area contributed by atoms with Crippen molar-refractivity contribution in [3.8, 4) is 23.6 Å². The van der Waals surface area contributed by atoms with Crippen molar-refractivity contribution in [2.45, 2.75) is 31.6 Å². The van der Waals surface area contributed by atoms with E-state index in [1.807, 2.05) is 0 Å². The molecule has 184 valence electrons. The summed E-state index contributed by atoms with van der Waals surface area (Å²) in [5.74, 6) is 2.65. The lowest BCUT2D eigenvalue weighted by molar-refractivity contribution is 0.00956. The summed E-state index contributed by atoms with van der Waals surface area (Å²) in [5.41, 5.74) is 1.63. The average Bonchev–Trinajstić information content (AvgIpc) is 3.50. The van der Waals surface area contributed by atoms with Gasteiger partial charge in [0.1, 0.15) is 18.1 Å². The van der Waals surface area contributed by atoms with Crippen LogP contribution in [0.25, 0.3) is 11.3 Å². The number of ether oxygens (including phenoxy) is 3. The number of halogens is 1. The summed E-state index contributed by atoms with van der Waals surface area (Å²) in [6, 6.07) is 6.55. The van der Waals surface area contributed by atoms with Crippen LogP contribution in [0, 0.1) is 18.2 Å². The maximum absolute atomic E-state index is 14.7. The molecule has 3 heterocycles. The van der Waals surface area contributed by atoms with Gasteiger partial charge in [-0.3, -0.25) is 4.90 Å². The Morgan fingerprint density at radius 2 is 2.12 bits per heavy atom. The maximum atomic E-state index is 14.7. The number of anilines is 1. The minimum Gasteiger partial charge on any atom is -0.389 e. The van der Waals surface area contributed by atoms with Crippen molar-refractivity contribution in [2.24, 2.45) is 0 Å². The van der Waals surface area contributed by atoms with E-state index in [-0.39, 0.29) is 25.1 Å². The predicted octanol–water partition coefficient (Wildman–Crippen LogP) is 2.31. The molecule has 4 rings (SSSR count). The quantitative estimate of drug-likeness (QED) is 0.394. The first-order chi connectivity index (χ1) is 16.7. The number of morpholine rings is 1. The molecular formula is C25H32FN3O5. The molecule has 2 aliphatic heterocycles. The fourth-order valence-electron chi connectivity index (χ4n) is 4.43. The highest BCUT2D eigenvalue weighted by Crippen LogP contribution is 2.34. The number of aromatic nitrogens is 1. The van der Waals surface area contributed by atoms with Crippen LogP contribution in [0.1, 0.15) is 18.4 Å². The topological polar surface area (TPSA) is 80.4 Å². The van der Waals surface area contributed by atoms with E-state index >= 15 is 0 Å². The molecule has 1 aromatic heterocycles. The number of hydrogen-bond acceptors (Lipinski definition) is 8. The van der Waals surface area contributed by atoms with E-state index in [0.29, 0.717) is 63.1 Å². The molecule has 1 aromatic carbocycles. The van der Waals surface area contributed by atoms with Gasteiger partial charge in [-0.2, -0.15) is 0 Å². The van der Waals surface area contributed by atoms with Gasteiger partial charge in [-0.1, -0.05) is 23.2 Å². The molecule has 0 spiro atoms. The first kappa shape index (κ1) is 24.6. The lowest BCUT2D eigenvalue weighted by Crippen LogP contribution is -2.40. The highest BCUT2D eigenvalue weighted by molar-refractivity contribution is 5.68. The summed E-state index contributed by atoms with van der Waals surface area (Å²) in [6.45, 7) is 4.87. The van der Waals surface area contributed by atoms with E-state index in [4.69, 9.17) is 25.2 Å². The van der Waals surface area contributed by atoms with E-state index < -0.39 is 6.10 Å². The molecule has 0 radical (unpaired) electrons. The van der Waals surface area contributed by atoms with E-state index in [0.717, 1.165) is 25.0 Å². The zero-order chi connectivity index (χ0) is 23.8. The second-order valence-electron chi connectivity index (χ2n) is 8.60. The number of aliphatic hydroxyl groups excluding tert-OH is 1. The fourth-order valence-corrected chi connectivity index (χ4v) is 4.43. The number of rotatable bonds is 11. The zero-order valence-electron chi connectivity index (χ0n) is 19.3. The van der Waals surface area contributed by atoms with Gasteiger partial charge < -0.3 is 28.7 Å². The Kier molecular flexibility index (Phi) is 8.91. The average molecular weight is 474 g/mol. The third-order valence-electron chi connectivity index (χ3n) is 6.03. The van der Waals surface area contributed by atoms with Crippen LogP contribution in [-0.2, 0) is 20.8 Å². The van der Waals surface area contributed by atoms with E-state index in [2.05, 4.69) is 20.9 Å². The molecule has 34 heavy (non-hydrogen) atoms. The molecule has 0 aliphatic carbocycles. The molecule has 2 saturated heterocycles. The first-order valence-electron chi connectivity index (χ1n) is 11.7. The van der Waals surface area contributed by atoms with Gasteiger partial charge in [0.05, 0.1) is 37.6 Å². The van der Waals surface area contributed by atoms with Crippen molar-refractivity contribution < 1.29 is 28.2 Å². The van der Waals surface area contributed by atoms with Crippen molar-refractivity contribution >= 4 is 5.88 Å². The van der Waals surface area contributed by atoms with Gasteiger partial charge >= 0.3 is 0 Å². The number of hydrogen-bond donors (Lipinski definition) is 1. The van der Waals surface area contributed by atoms with Crippen LogP contribution in [0.2, 0.25) is 0 Å². The largest absolute Gasteiger partial charge is 0.389 e. The molecule has 8 nitrogen and oxygen atoms in total. The van der Waals surface area contributed by atoms with Crippen LogP contribution in [0.4, 0.5) is 10.3 Å². The molecule has 0 bridgehead atoms. The lowest BCUT2D eigenvalue weighted by Gasteiger charge is -2.30. The summed E-state index contributed by atoms with van der Waals surface area (Å²) in [6.07, 6.45) is 6.55. The van der Waals surface area contributed by atoms with Gasteiger partial charge in [-0.25, -0.2) is 4.39 Å². The molecule has 2 atom stereocenters. The van der Waals surface area contributed by atoms with Crippen molar-refractivity contribution in [1.82, 2.24) is 10.1 Å². The van der Waals surface area contributed by atoms with Crippen LogP contribution in [0.15, 0.2) is 28.8 Å². The molecule has 0 saturated carbocycles. The molecule has 2 unspecified atom stereocenters. The summed E-state index contributed by atoms with van der Waals surface area (Å²) in [5, 5.41) is 14.9. The third-order valence-corrected chi connectivity index (χ3v) is 6.03. The summed E-state index contributed by atoms with van der Waals surface area (Å²) < 4.78 is 37.2. The number of benzene rings is 1. The van der Waals surface area contributed by atoms with Crippen molar-refractivity contribution in [2.75, 3.05) is 64.1 Å². The number of aliphatic hydroxyl groups is 1. The van der Waals surface area contributed by atoms with Crippen molar-refractivity contribution in [3.63, 3.8) is 0 Å². The number of nitrogens with zero attached hydrogens (tertiary/aromatic N) is 3. The molecule has 9 heteroatoms. The van der Waals surface area contributed by atoms with Gasteiger partial charge in [-0.15, -0.1) is 6.42 Å². The van der Waals surface area contributed by atoms with Crippen LogP contribution in [0.3, 0.4) is 0 Å². The monoisotopic (exact) mass is 473 g/mol. The van der Waals surface area contributed by atoms with Crippen LogP contribution in [-0.4, -0.2) is 86.6 Å². The van der Waals surface area contributed by atoms with Gasteiger partial charge in [0, 0.05) is 44.9 Å². The highest BCUT2D eigenvalue weighted by Gasteiger charge is 2.29. The molecular weight excluding hydrogens is 441 g/mol. The summed E-state index contributed by atoms with van der Waals surface area (Å²) in [7, 11) is 0. The predicted molar refractivity (Wildman–Crippen MR) is 125 cm³/mol. The normalized spacial score (nSPS) is 19.5. The van der Waals surface area contributed by atoms with Gasteiger partial charge in [0.15, 0.2) is 0 Å². The Labute approximate surface area is 199 Å². The minimum atomic E-state index is -0.738. The van der Waals surface area contributed by atoms with Crippen molar-refractivity contribution in [3.05, 3.63) is 35.6 Å². The standard InChI is InChI=1S/C25H32FN3O5/c1-2-11-32-18-19(30)15-28(16-20-6-5-12-33-20)17-22-24(21-7-3-4-8-23(21)26)27-34-25(22)29-9-13-31-14-10-29/h1,3-4,7-8,19-20,30H,5-6,9-18H2.